The molecule has 3 rings (SSSR count). The highest BCUT2D eigenvalue weighted by Gasteiger charge is 2.22. The molecule has 0 atom stereocenters. The molecule has 18 heavy (non-hydrogen) atoms. The van der Waals surface area contributed by atoms with Crippen molar-refractivity contribution in [1.82, 2.24) is 9.88 Å². The van der Waals surface area contributed by atoms with Gasteiger partial charge in [0.25, 0.3) is 0 Å². The number of nitrogens with zero attached hydrogens (tertiary/aromatic N) is 2. The first-order valence-corrected chi connectivity index (χ1v) is 7.57. The normalized spacial score (nSPS) is 21.8. The summed E-state index contributed by atoms with van der Waals surface area (Å²) in [6, 6.07) is 4.33. The summed E-state index contributed by atoms with van der Waals surface area (Å²) >= 11 is 3.50. The zero-order valence-electron chi connectivity index (χ0n) is 10.6. The summed E-state index contributed by atoms with van der Waals surface area (Å²) in [6.07, 6.45) is 3.60. The molecule has 0 bridgehead atoms. The van der Waals surface area contributed by atoms with Gasteiger partial charge in [-0.3, -0.25) is 4.90 Å². The third-order valence-corrected chi connectivity index (χ3v) is 4.40. The fraction of sp³-hybridized carbons (Fsp3) is 0.643. The molecule has 1 aromatic heterocycles. The van der Waals surface area contributed by atoms with Gasteiger partial charge in [0.05, 0.1) is 5.69 Å². The Bertz CT molecular complexity index is 414. The monoisotopic (exact) mass is 310 g/mol. The second-order valence-corrected chi connectivity index (χ2v) is 6.00. The molecule has 2 saturated heterocycles. The molecule has 0 saturated carbocycles. The van der Waals surface area contributed by atoms with Crippen LogP contribution in [0.1, 0.15) is 36.4 Å². The van der Waals surface area contributed by atoms with Gasteiger partial charge in [0.2, 0.25) is 0 Å². The van der Waals surface area contributed by atoms with Crippen LogP contribution in [0.5, 0.6) is 0 Å². The maximum atomic E-state index is 5.46. The van der Waals surface area contributed by atoms with E-state index in [2.05, 4.69) is 33.0 Å². The SMILES string of the molecule is Brc1ccc(C2CCOCC2)c(CN2CCC2)n1. The average Bonchev–Trinajstić information content (AvgIpc) is 2.35. The Balaban J connectivity index is 1.81. The molecule has 0 amide bonds. The second kappa shape index (κ2) is 5.68. The molecule has 3 nitrogen and oxygen atoms in total. The maximum Gasteiger partial charge on any atom is 0.106 e. The van der Waals surface area contributed by atoms with Crippen molar-refractivity contribution in [1.29, 1.82) is 0 Å². The Kier molecular flexibility index (Phi) is 3.97. The van der Waals surface area contributed by atoms with Gasteiger partial charge >= 0.3 is 0 Å². The second-order valence-electron chi connectivity index (χ2n) is 5.19. The lowest BCUT2D eigenvalue weighted by Crippen LogP contribution is -2.37. The van der Waals surface area contributed by atoms with Crippen LogP contribution >= 0.6 is 15.9 Å². The molecule has 2 aliphatic heterocycles. The molecule has 0 aromatic carbocycles. The van der Waals surface area contributed by atoms with E-state index in [1.807, 2.05) is 0 Å². The lowest BCUT2D eigenvalue weighted by atomic mass is 9.90. The molecule has 0 spiro atoms. The molecule has 2 fully saturated rings. The van der Waals surface area contributed by atoms with E-state index in [0.29, 0.717) is 5.92 Å². The molecule has 2 aliphatic rings. The molecule has 4 heteroatoms. The van der Waals surface area contributed by atoms with Crippen molar-refractivity contribution < 1.29 is 4.74 Å². The molecule has 0 unspecified atom stereocenters. The number of ether oxygens (including phenoxy) is 1. The largest absolute Gasteiger partial charge is 0.381 e. The van der Waals surface area contributed by atoms with Crippen molar-refractivity contribution in [2.24, 2.45) is 0 Å². The quantitative estimate of drug-likeness (QED) is 0.803. The number of hydrogen-bond donors (Lipinski definition) is 0. The summed E-state index contributed by atoms with van der Waals surface area (Å²) in [7, 11) is 0. The van der Waals surface area contributed by atoms with Crippen LogP contribution in [-0.2, 0) is 11.3 Å². The van der Waals surface area contributed by atoms with Gasteiger partial charge in [-0.2, -0.15) is 0 Å². The molecule has 0 aliphatic carbocycles. The highest BCUT2D eigenvalue weighted by molar-refractivity contribution is 9.10. The number of pyridine rings is 1. The standard InChI is InChI=1S/C14H19BrN2O/c15-14-3-2-12(11-4-8-18-9-5-11)13(16-14)10-17-6-1-7-17/h2-3,11H,1,4-10H2. The van der Waals surface area contributed by atoms with Crippen molar-refractivity contribution in [3.63, 3.8) is 0 Å². The van der Waals surface area contributed by atoms with E-state index >= 15 is 0 Å². The van der Waals surface area contributed by atoms with Gasteiger partial charge in [-0.25, -0.2) is 4.98 Å². The average molecular weight is 311 g/mol. The van der Waals surface area contributed by atoms with Gasteiger partial charge in [0.15, 0.2) is 0 Å². The Morgan fingerprint density at radius 1 is 1.28 bits per heavy atom. The smallest absolute Gasteiger partial charge is 0.106 e. The highest BCUT2D eigenvalue weighted by Crippen LogP contribution is 2.30. The minimum absolute atomic E-state index is 0.635. The van der Waals surface area contributed by atoms with E-state index in [4.69, 9.17) is 9.72 Å². The van der Waals surface area contributed by atoms with E-state index in [0.717, 1.165) is 37.2 Å². The highest BCUT2D eigenvalue weighted by atomic mass is 79.9. The Hall–Kier alpha value is -0.450. The van der Waals surface area contributed by atoms with Gasteiger partial charge in [-0.05, 0) is 65.8 Å². The Morgan fingerprint density at radius 2 is 2.06 bits per heavy atom. The molecule has 0 N–H and O–H groups in total. The molecular weight excluding hydrogens is 292 g/mol. The summed E-state index contributed by atoms with van der Waals surface area (Å²) in [4.78, 5) is 7.17. The number of aromatic nitrogens is 1. The van der Waals surface area contributed by atoms with Crippen LogP contribution in [0, 0.1) is 0 Å². The molecule has 0 radical (unpaired) electrons. The zero-order chi connectivity index (χ0) is 12.4. The van der Waals surface area contributed by atoms with Crippen molar-refractivity contribution in [2.45, 2.75) is 31.7 Å². The van der Waals surface area contributed by atoms with Crippen molar-refractivity contribution >= 4 is 15.9 Å². The first-order valence-electron chi connectivity index (χ1n) is 6.78. The predicted molar refractivity (Wildman–Crippen MR) is 74.6 cm³/mol. The van der Waals surface area contributed by atoms with Crippen LogP contribution in [0.2, 0.25) is 0 Å². The third kappa shape index (κ3) is 2.76. The van der Waals surface area contributed by atoms with Gasteiger partial charge in [-0.1, -0.05) is 6.07 Å². The van der Waals surface area contributed by atoms with Gasteiger partial charge < -0.3 is 4.74 Å². The summed E-state index contributed by atoms with van der Waals surface area (Å²) in [5, 5.41) is 0. The lowest BCUT2D eigenvalue weighted by Gasteiger charge is -2.32. The number of hydrogen-bond acceptors (Lipinski definition) is 3. The molecular formula is C14H19BrN2O. The van der Waals surface area contributed by atoms with Crippen molar-refractivity contribution in [3.8, 4) is 0 Å². The fourth-order valence-electron chi connectivity index (χ4n) is 2.74. The topological polar surface area (TPSA) is 25.4 Å². The van der Waals surface area contributed by atoms with Gasteiger partial charge in [0, 0.05) is 19.8 Å². The van der Waals surface area contributed by atoms with E-state index in [-0.39, 0.29) is 0 Å². The van der Waals surface area contributed by atoms with E-state index < -0.39 is 0 Å². The summed E-state index contributed by atoms with van der Waals surface area (Å²) in [5.41, 5.74) is 2.70. The van der Waals surface area contributed by atoms with Crippen LogP contribution in [0.4, 0.5) is 0 Å². The number of rotatable bonds is 3. The predicted octanol–water partition coefficient (Wildman–Crippen LogP) is 2.94. The van der Waals surface area contributed by atoms with Crippen molar-refractivity contribution in [3.05, 3.63) is 28.0 Å². The fourth-order valence-corrected chi connectivity index (χ4v) is 3.09. The lowest BCUT2D eigenvalue weighted by molar-refractivity contribution is 0.0846. The minimum atomic E-state index is 0.635. The van der Waals surface area contributed by atoms with Crippen LogP contribution in [0.3, 0.4) is 0 Å². The Labute approximate surface area is 117 Å². The van der Waals surface area contributed by atoms with Crippen LogP contribution in [0.15, 0.2) is 16.7 Å². The van der Waals surface area contributed by atoms with Crippen LogP contribution in [-0.4, -0.2) is 36.2 Å². The number of halogens is 1. The Morgan fingerprint density at radius 3 is 2.72 bits per heavy atom. The van der Waals surface area contributed by atoms with Gasteiger partial charge in [-0.15, -0.1) is 0 Å². The molecule has 1 aromatic rings. The zero-order valence-corrected chi connectivity index (χ0v) is 12.2. The number of likely N-dealkylation sites (tertiary alicyclic amines) is 1. The van der Waals surface area contributed by atoms with Gasteiger partial charge in [0.1, 0.15) is 4.60 Å². The first-order chi connectivity index (χ1) is 8.83. The van der Waals surface area contributed by atoms with Crippen molar-refractivity contribution in [2.75, 3.05) is 26.3 Å². The van der Waals surface area contributed by atoms with Crippen LogP contribution in [0.25, 0.3) is 0 Å². The third-order valence-electron chi connectivity index (χ3n) is 3.96. The molecule has 98 valence electrons. The summed E-state index contributed by atoms with van der Waals surface area (Å²) in [6.45, 7) is 5.24. The van der Waals surface area contributed by atoms with E-state index in [1.54, 1.807) is 0 Å². The summed E-state index contributed by atoms with van der Waals surface area (Å²) in [5.74, 6) is 0.635. The molecule has 3 heterocycles. The van der Waals surface area contributed by atoms with E-state index in [1.165, 1.54) is 30.8 Å². The minimum Gasteiger partial charge on any atom is -0.381 e. The van der Waals surface area contributed by atoms with E-state index in [9.17, 15) is 0 Å². The summed E-state index contributed by atoms with van der Waals surface area (Å²) < 4.78 is 6.41. The van der Waals surface area contributed by atoms with Crippen LogP contribution < -0.4 is 0 Å². The first kappa shape index (κ1) is 12.6. The maximum absolute atomic E-state index is 5.46.